The van der Waals surface area contributed by atoms with Gasteiger partial charge < -0.3 is 14.9 Å². The fourth-order valence-electron chi connectivity index (χ4n) is 2.59. The quantitative estimate of drug-likeness (QED) is 0.565. The molecule has 0 heterocycles. The molecule has 2 atom stereocenters. The summed E-state index contributed by atoms with van der Waals surface area (Å²) in [5.41, 5.74) is 3.18. The van der Waals surface area contributed by atoms with Crippen molar-refractivity contribution in [3.63, 3.8) is 0 Å². The summed E-state index contributed by atoms with van der Waals surface area (Å²) in [5.74, 6) is -0.496. The summed E-state index contributed by atoms with van der Waals surface area (Å²) in [7, 11) is 1.27. The molecule has 136 valence electrons. The van der Waals surface area contributed by atoms with E-state index < -0.39 is 18.2 Å². The van der Waals surface area contributed by atoms with Crippen LogP contribution in [0.15, 0.2) is 78.9 Å². The second kappa shape index (κ2) is 10.3. The van der Waals surface area contributed by atoms with Crippen molar-refractivity contribution in [3.8, 4) is 0 Å². The van der Waals surface area contributed by atoms with Crippen LogP contribution in [0.25, 0.3) is 5.57 Å². The van der Waals surface area contributed by atoms with Gasteiger partial charge in [-0.05, 0) is 16.7 Å². The lowest BCUT2D eigenvalue weighted by Gasteiger charge is -2.11. The Labute approximate surface area is 154 Å². The minimum absolute atomic E-state index is 0.0748. The van der Waals surface area contributed by atoms with Crippen LogP contribution in [0, 0.1) is 0 Å². The molecule has 0 aromatic heterocycles. The third-order valence-corrected chi connectivity index (χ3v) is 3.91. The van der Waals surface area contributed by atoms with Crippen LogP contribution in [0.5, 0.6) is 0 Å². The molecule has 0 saturated carbocycles. The summed E-state index contributed by atoms with van der Waals surface area (Å²) in [6.45, 7) is 0. The van der Waals surface area contributed by atoms with Gasteiger partial charge in [0, 0.05) is 6.42 Å². The maximum absolute atomic E-state index is 11.1. The first-order valence-electron chi connectivity index (χ1n) is 8.52. The van der Waals surface area contributed by atoms with E-state index in [1.54, 1.807) is 12.2 Å². The molecule has 4 heteroatoms. The number of rotatable bonds is 8. The molecule has 4 nitrogen and oxygen atoms in total. The minimum Gasteiger partial charge on any atom is -0.469 e. The summed E-state index contributed by atoms with van der Waals surface area (Å²) < 4.78 is 4.50. The van der Waals surface area contributed by atoms with Crippen molar-refractivity contribution in [1.82, 2.24) is 0 Å². The van der Waals surface area contributed by atoms with Crippen molar-refractivity contribution in [1.29, 1.82) is 0 Å². The minimum atomic E-state index is -0.936. The molecular weight excluding hydrogens is 328 g/mol. The van der Waals surface area contributed by atoms with Gasteiger partial charge in [0.2, 0.25) is 0 Å². The molecule has 0 fully saturated rings. The molecule has 0 saturated heterocycles. The zero-order valence-electron chi connectivity index (χ0n) is 14.8. The van der Waals surface area contributed by atoms with Crippen LogP contribution in [0.3, 0.4) is 0 Å². The Morgan fingerprint density at radius 3 is 2.04 bits per heavy atom. The zero-order chi connectivity index (χ0) is 18.8. The first-order chi connectivity index (χ1) is 12.6. The van der Waals surface area contributed by atoms with Gasteiger partial charge in [0.15, 0.2) is 0 Å². The molecule has 0 bridgehead atoms. The van der Waals surface area contributed by atoms with Crippen molar-refractivity contribution in [2.75, 3.05) is 7.11 Å². The van der Waals surface area contributed by atoms with Gasteiger partial charge in [0.05, 0.1) is 25.7 Å². The molecule has 0 aliphatic rings. The van der Waals surface area contributed by atoms with Gasteiger partial charge in [-0.15, -0.1) is 0 Å². The SMILES string of the molecule is COC(=O)CC(O)CC(O)/C=C/C=C(c1ccccc1)c1ccccc1. The van der Waals surface area contributed by atoms with E-state index in [0.29, 0.717) is 0 Å². The Morgan fingerprint density at radius 2 is 1.54 bits per heavy atom. The smallest absolute Gasteiger partial charge is 0.308 e. The Morgan fingerprint density at radius 1 is 1.00 bits per heavy atom. The lowest BCUT2D eigenvalue weighted by atomic mass is 9.97. The van der Waals surface area contributed by atoms with Crippen molar-refractivity contribution in [3.05, 3.63) is 90.0 Å². The Balaban J connectivity index is 2.10. The Kier molecular flexibility index (Phi) is 7.80. The predicted octanol–water partition coefficient (Wildman–Crippen LogP) is 3.35. The summed E-state index contributed by atoms with van der Waals surface area (Å²) in [4.78, 5) is 11.1. The summed E-state index contributed by atoms with van der Waals surface area (Å²) >= 11 is 0. The van der Waals surface area contributed by atoms with Gasteiger partial charge >= 0.3 is 5.97 Å². The summed E-state index contributed by atoms with van der Waals surface area (Å²) in [6.07, 6.45) is 3.47. The number of esters is 1. The van der Waals surface area contributed by atoms with E-state index in [2.05, 4.69) is 4.74 Å². The number of hydrogen-bond donors (Lipinski definition) is 2. The van der Waals surface area contributed by atoms with E-state index in [9.17, 15) is 15.0 Å². The van der Waals surface area contributed by atoms with Crippen LogP contribution in [0.2, 0.25) is 0 Å². The molecule has 26 heavy (non-hydrogen) atoms. The molecule has 0 aliphatic carbocycles. The van der Waals surface area contributed by atoms with Crippen LogP contribution in [-0.4, -0.2) is 35.5 Å². The number of methoxy groups -OCH3 is 1. The third-order valence-electron chi connectivity index (χ3n) is 3.91. The maximum atomic E-state index is 11.1. The Hall–Kier alpha value is -2.69. The van der Waals surface area contributed by atoms with Crippen LogP contribution < -0.4 is 0 Å². The van der Waals surface area contributed by atoms with Crippen molar-refractivity contribution >= 4 is 11.5 Å². The van der Waals surface area contributed by atoms with E-state index in [1.807, 2.05) is 66.7 Å². The Bertz CT molecular complexity index is 694. The van der Waals surface area contributed by atoms with Crippen molar-refractivity contribution in [2.24, 2.45) is 0 Å². The molecule has 2 aromatic carbocycles. The maximum Gasteiger partial charge on any atom is 0.308 e. The topological polar surface area (TPSA) is 66.8 Å². The van der Waals surface area contributed by atoms with Crippen LogP contribution in [-0.2, 0) is 9.53 Å². The fourth-order valence-corrected chi connectivity index (χ4v) is 2.59. The number of aliphatic hydroxyl groups is 2. The zero-order valence-corrected chi connectivity index (χ0v) is 14.8. The van der Waals surface area contributed by atoms with E-state index in [4.69, 9.17) is 0 Å². The first-order valence-corrected chi connectivity index (χ1v) is 8.52. The van der Waals surface area contributed by atoms with Crippen molar-refractivity contribution in [2.45, 2.75) is 25.0 Å². The monoisotopic (exact) mass is 352 g/mol. The number of aliphatic hydroxyl groups excluding tert-OH is 2. The highest BCUT2D eigenvalue weighted by Crippen LogP contribution is 2.23. The standard InChI is InChI=1S/C22H24O4/c1-26-22(25)16-20(24)15-19(23)13-8-14-21(17-9-4-2-5-10-17)18-11-6-3-7-12-18/h2-14,19-20,23-24H,15-16H2,1H3/b13-8+. The molecule has 0 aliphatic heterocycles. The predicted molar refractivity (Wildman–Crippen MR) is 102 cm³/mol. The highest BCUT2D eigenvalue weighted by atomic mass is 16.5. The van der Waals surface area contributed by atoms with E-state index >= 15 is 0 Å². The number of hydrogen-bond acceptors (Lipinski definition) is 4. The molecule has 2 aromatic rings. The fraction of sp³-hybridized carbons (Fsp3) is 0.227. The van der Waals surface area contributed by atoms with Gasteiger partial charge in [0.25, 0.3) is 0 Å². The highest BCUT2D eigenvalue weighted by Gasteiger charge is 2.14. The lowest BCUT2D eigenvalue weighted by molar-refractivity contribution is -0.143. The molecule has 0 amide bonds. The largest absolute Gasteiger partial charge is 0.469 e. The average Bonchev–Trinajstić information content (AvgIpc) is 2.66. The number of benzene rings is 2. The van der Waals surface area contributed by atoms with E-state index in [1.165, 1.54) is 7.11 Å². The second-order valence-electron chi connectivity index (χ2n) is 5.93. The number of carbonyl (C=O) groups excluding carboxylic acids is 1. The van der Waals surface area contributed by atoms with Crippen LogP contribution in [0.1, 0.15) is 24.0 Å². The van der Waals surface area contributed by atoms with Gasteiger partial charge in [-0.25, -0.2) is 0 Å². The summed E-state index contributed by atoms with van der Waals surface area (Å²) in [6, 6.07) is 20.0. The molecule has 2 unspecified atom stereocenters. The van der Waals surface area contributed by atoms with Crippen molar-refractivity contribution < 1.29 is 19.7 Å². The molecule has 2 N–H and O–H groups in total. The van der Waals surface area contributed by atoms with Crippen LogP contribution >= 0.6 is 0 Å². The van der Waals surface area contributed by atoms with Crippen LogP contribution in [0.4, 0.5) is 0 Å². The number of ether oxygens (including phenoxy) is 1. The van der Waals surface area contributed by atoms with Gasteiger partial charge in [-0.1, -0.05) is 78.9 Å². The number of carbonyl (C=O) groups is 1. The third kappa shape index (κ3) is 6.31. The highest BCUT2D eigenvalue weighted by molar-refractivity contribution is 5.80. The van der Waals surface area contributed by atoms with Gasteiger partial charge in [-0.2, -0.15) is 0 Å². The second-order valence-corrected chi connectivity index (χ2v) is 5.93. The molecule has 2 rings (SSSR count). The number of allylic oxidation sites excluding steroid dienone is 2. The molecule has 0 spiro atoms. The first kappa shape index (κ1) is 19.6. The average molecular weight is 352 g/mol. The van der Waals surface area contributed by atoms with Gasteiger partial charge in [-0.3, -0.25) is 4.79 Å². The lowest BCUT2D eigenvalue weighted by Crippen LogP contribution is -2.20. The van der Waals surface area contributed by atoms with E-state index in [0.717, 1.165) is 16.7 Å². The molecule has 0 radical (unpaired) electrons. The van der Waals surface area contributed by atoms with Gasteiger partial charge in [0.1, 0.15) is 0 Å². The summed E-state index contributed by atoms with van der Waals surface area (Å²) in [5, 5.41) is 19.8. The van der Waals surface area contributed by atoms with E-state index in [-0.39, 0.29) is 12.8 Å². The molecular formula is C22H24O4. The normalized spacial score (nSPS) is 13.2.